The monoisotopic (exact) mass is 255 g/mol. The predicted molar refractivity (Wildman–Crippen MR) is 78.9 cm³/mol. The molecule has 0 amide bonds. The van der Waals surface area contributed by atoms with Crippen LogP contribution in [0.4, 0.5) is 5.69 Å². The van der Waals surface area contributed by atoms with Crippen molar-refractivity contribution in [2.45, 2.75) is 29.9 Å². The fourth-order valence-electron chi connectivity index (χ4n) is 2.49. The Kier molecular flexibility index (Phi) is 3.28. The molecule has 2 heteroatoms. The first kappa shape index (κ1) is 11.7. The molecule has 1 nitrogen and oxygen atoms in total. The zero-order valence-electron chi connectivity index (χ0n) is 10.4. The summed E-state index contributed by atoms with van der Waals surface area (Å²) in [6, 6.07) is 15.1. The molecule has 0 fully saturated rings. The minimum atomic E-state index is 0.842. The number of hydrogen-bond acceptors (Lipinski definition) is 2. The summed E-state index contributed by atoms with van der Waals surface area (Å²) in [5.74, 6) is 1.02. The summed E-state index contributed by atoms with van der Waals surface area (Å²) in [4.78, 5) is 1.25. The quantitative estimate of drug-likeness (QED) is 0.661. The van der Waals surface area contributed by atoms with Crippen LogP contribution in [0, 0.1) is 0 Å². The largest absolute Gasteiger partial charge is 0.399 e. The van der Waals surface area contributed by atoms with E-state index in [4.69, 9.17) is 5.73 Å². The Morgan fingerprint density at radius 2 is 1.89 bits per heavy atom. The third-order valence-electron chi connectivity index (χ3n) is 3.43. The molecule has 0 saturated heterocycles. The summed E-state index contributed by atoms with van der Waals surface area (Å²) in [5.41, 5.74) is 11.2. The lowest BCUT2D eigenvalue weighted by atomic mass is 10.1. The molecule has 0 aromatic heterocycles. The van der Waals surface area contributed by atoms with E-state index < -0.39 is 0 Å². The molecule has 18 heavy (non-hydrogen) atoms. The number of anilines is 1. The fraction of sp³-hybridized carbons (Fsp3) is 0.250. The third-order valence-corrected chi connectivity index (χ3v) is 4.49. The second-order valence-electron chi connectivity index (χ2n) is 4.82. The molecule has 0 aliphatic heterocycles. The highest BCUT2D eigenvalue weighted by molar-refractivity contribution is 7.98. The predicted octanol–water partition coefficient (Wildman–Crippen LogP) is 4.05. The van der Waals surface area contributed by atoms with Crippen LogP contribution in [0.1, 0.15) is 23.1 Å². The van der Waals surface area contributed by atoms with Gasteiger partial charge in [-0.15, -0.1) is 11.8 Å². The van der Waals surface area contributed by atoms with E-state index in [2.05, 4.69) is 24.3 Å². The van der Waals surface area contributed by atoms with Gasteiger partial charge in [0.2, 0.25) is 0 Å². The van der Waals surface area contributed by atoms with Crippen LogP contribution in [0.15, 0.2) is 47.4 Å². The van der Waals surface area contributed by atoms with Crippen molar-refractivity contribution >= 4 is 17.4 Å². The van der Waals surface area contributed by atoms with Crippen LogP contribution in [-0.2, 0) is 18.6 Å². The lowest BCUT2D eigenvalue weighted by Crippen LogP contribution is -1.87. The first-order valence-electron chi connectivity index (χ1n) is 6.40. The van der Waals surface area contributed by atoms with E-state index in [-0.39, 0.29) is 0 Å². The number of nitrogens with two attached hydrogens (primary N) is 1. The molecule has 0 atom stereocenters. The Morgan fingerprint density at radius 3 is 2.78 bits per heavy atom. The van der Waals surface area contributed by atoms with Gasteiger partial charge in [-0.25, -0.2) is 0 Å². The molecule has 2 N–H and O–H groups in total. The van der Waals surface area contributed by atoms with Crippen molar-refractivity contribution in [2.24, 2.45) is 0 Å². The minimum absolute atomic E-state index is 0.842. The standard InChI is InChI=1S/C16H17NS/c17-15-5-2-6-16(10-15)18-11-12-7-8-13-3-1-4-14(13)9-12/h2,5-10H,1,3-4,11,17H2. The molecule has 0 heterocycles. The molecule has 92 valence electrons. The van der Waals surface area contributed by atoms with Crippen molar-refractivity contribution < 1.29 is 0 Å². The zero-order chi connectivity index (χ0) is 12.4. The van der Waals surface area contributed by atoms with Gasteiger partial charge in [0, 0.05) is 16.3 Å². The first-order chi connectivity index (χ1) is 8.81. The number of rotatable bonds is 3. The Balaban J connectivity index is 1.70. The maximum atomic E-state index is 5.79. The number of nitrogen functional groups attached to an aromatic ring is 1. The van der Waals surface area contributed by atoms with Crippen LogP contribution in [0.2, 0.25) is 0 Å². The van der Waals surface area contributed by atoms with Gasteiger partial charge in [-0.2, -0.15) is 0 Å². The molecule has 3 rings (SSSR count). The van der Waals surface area contributed by atoms with Crippen LogP contribution < -0.4 is 5.73 Å². The highest BCUT2D eigenvalue weighted by Crippen LogP contribution is 2.28. The second-order valence-corrected chi connectivity index (χ2v) is 5.87. The molecule has 1 aliphatic carbocycles. The third kappa shape index (κ3) is 2.54. The molecule has 0 radical (unpaired) electrons. The van der Waals surface area contributed by atoms with E-state index in [0.717, 1.165) is 11.4 Å². The van der Waals surface area contributed by atoms with Crippen molar-refractivity contribution in [3.05, 3.63) is 59.2 Å². The van der Waals surface area contributed by atoms with Gasteiger partial charge in [-0.3, -0.25) is 0 Å². The van der Waals surface area contributed by atoms with Crippen LogP contribution in [0.25, 0.3) is 0 Å². The number of fused-ring (bicyclic) bond motifs is 1. The van der Waals surface area contributed by atoms with Gasteiger partial charge < -0.3 is 5.73 Å². The average Bonchev–Trinajstić information content (AvgIpc) is 2.84. The molecule has 2 aromatic carbocycles. The van der Waals surface area contributed by atoms with Crippen molar-refractivity contribution in [1.82, 2.24) is 0 Å². The van der Waals surface area contributed by atoms with E-state index in [9.17, 15) is 0 Å². The Morgan fingerprint density at radius 1 is 1.00 bits per heavy atom. The number of thioether (sulfide) groups is 1. The molecule has 0 saturated carbocycles. The summed E-state index contributed by atoms with van der Waals surface area (Å²) in [6.07, 6.45) is 3.84. The van der Waals surface area contributed by atoms with Crippen LogP contribution >= 0.6 is 11.8 Å². The molecule has 2 aromatic rings. The Hall–Kier alpha value is -1.41. The van der Waals surface area contributed by atoms with Crippen molar-refractivity contribution in [3.8, 4) is 0 Å². The van der Waals surface area contributed by atoms with Gasteiger partial charge in [0.1, 0.15) is 0 Å². The summed E-state index contributed by atoms with van der Waals surface area (Å²) in [7, 11) is 0. The van der Waals surface area contributed by atoms with E-state index >= 15 is 0 Å². The van der Waals surface area contributed by atoms with E-state index in [1.165, 1.54) is 29.7 Å². The van der Waals surface area contributed by atoms with Gasteiger partial charge in [0.25, 0.3) is 0 Å². The SMILES string of the molecule is Nc1cccc(SCc2ccc3c(c2)CCC3)c1. The molecule has 1 aliphatic rings. The first-order valence-corrected chi connectivity index (χ1v) is 7.39. The summed E-state index contributed by atoms with van der Waals surface area (Å²) >= 11 is 1.85. The second kappa shape index (κ2) is 5.07. The zero-order valence-corrected chi connectivity index (χ0v) is 11.2. The van der Waals surface area contributed by atoms with Gasteiger partial charge in [0.05, 0.1) is 0 Å². The van der Waals surface area contributed by atoms with E-state index in [0.29, 0.717) is 0 Å². The maximum Gasteiger partial charge on any atom is 0.0325 e. The summed E-state index contributed by atoms with van der Waals surface area (Å²) in [6.45, 7) is 0. The van der Waals surface area contributed by atoms with Crippen molar-refractivity contribution in [3.63, 3.8) is 0 Å². The van der Waals surface area contributed by atoms with Crippen LogP contribution in [0.3, 0.4) is 0 Å². The highest BCUT2D eigenvalue weighted by Gasteiger charge is 2.10. The molecule has 0 spiro atoms. The number of aryl methyl sites for hydroxylation is 2. The molecule has 0 unspecified atom stereocenters. The van der Waals surface area contributed by atoms with Crippen LogP contribution in [-0.4, -0.2) is 0 Å². The lowest BCUT2D eigenvalue weighted by Gasteiger charge is -2.05. The van der Waals surface area contributed by atoms with Gasteiger partial charge in [-0.05, 0) is 54.2 Å². The lowest BCUT2D eigenvalue weighted by molar-refractivity contribution is 0.911. The fourth-order valence-corrected chi connectivity index (χ4v) is 3.39. The number of hydrogen-bond donors (Lipinski definition) is 1. The van der Waals surface area contributed by atoms with Crippen LogP contribution in [0.5, 0.6) is 0 Å². The minimum Gasteiger partial charge on any atom is -0.399 e. The van der Waals surface area contributed by atoms with Gasteiger partial charge in [0.15, 0.2) is 0 Å². The van der Waals surface area contributed by atoms with Gasteiger partial charge >= 0.3 is 0 Å². The summed E-state index contributed by atoms with van der Waals surface area (Å²) in [5, 5.41) is 0. The molecular weight excluding hydrogens is 238 g/mol. The van der Waals surface area contributed by atoms with Crippen molar-refractivity contribution in [1.29, 1.82) is 0 Å². The van der Waals surface area contributed by atoms with Gasteiger partial charge in [-0.1, -0.05) is 24.3 Å². The summed E-state index contributed by atoms with van der Waals surface area (Å²) < 4.78 is 0. The highest BCUT2D eigenvalue weighted by atomic mass is 32.2. The van der Waals surface area contributed by atoms with E-state index in [1.807, 2.05) is 30.0 Å². The Labute approximate surface area is 112 Å². The topological polar surface area (TPSA) is 26.0 Å². The average molecular weight is 255 g/mol. The number of benzene rings is 2. The Bertz CT molecular complexity index is 563. The molecule has 0 bridgehead atoms. The smallest absolute Gasteiger partial charge is 0.0325 e. The van der Waals surface area contributed by atoms with E-state index in [1.54, 1.807) is 11.1 Å². The van der Waals surface area contributed by atoms with Crippen molar-refractivity contribution in [2.75, 3.05) is 5.73 Å². The normalized spacial score (nSPS) is 13.6. The maximum absolute atomic E-state index is 5.79. The molecular formula is C16H17NS.